The van der Waals surface area contributed by atoms with Gasteiger partial charge in [-0.2, -0.15) is 4.72 Å². The van der Waals surface area contributed by atoms with Gasteiger partial charge in [0.05, 0.1) is 5.00 Å². The van der Waals surface area contributed by atoms with Gasteiger partial charge < -0.3 is 10.0 Å². The molecule has 1 aliphatic heterocycles. The van der Waals surface area contributed by atoms with Crippen LogP contribution < -0.4 is 9.62 Å². The Morgan fingerprint density at radius 2 is 1.96 bits per heavy atom. The van der Waals surface area contributed by atoms with Crippen molar-refractivity contribution in [2.24, 2.45) is 0 Å². The van der Waals surface area contributed by atoms with Crippen LogP contribution in [0.1, 0.15) is 30.7 Å². The van der Waals surface area contributed by atoms with Gasteiger partial charge in [-0.25, -0.2) is 8.42 Å². The van der Waals surface area contributed by atoms with Gasteiger partial charge in [0.1, 0.15) is 9.75 Å². The Hall–Kier alpha value is -2.23. The second kappa shape index (κ2) is 6.43. The monoisotopic (exact) mass is 406 g/mol. The molecule has 9 heteroatoms. The van der Waals surface area contributed by atoms with Gasteiger partial charge in [0.15, 0.2) is 0 Å². The number of amides is 1. The summed E-state index contributed by atoms with van der Waals surface area (Å²) >= 11 is 0.980. The number of nitrogens with one attached hydrogen (secondary N) is 1. The highest BCUT2D eigenvalue weighted by Gasteiger charge is 2.63. The molecule has 2 fully saturated rings. The number of rotatable bonds is 6. The lowest BCUT2D eigenvalue weighted by molar-refractivity contribution is -0.140. The first-order valence-corrected chi connectivity index (χ1v) is 10.9. The van der Waals surface area contributed by atoms with Gasteiger partial charge in [-0.15, -0.1) is 11.3 Å². The maximum Gasteiger partial charge on any atom is 0.325 e. The minimum atomic E-state index is -4.02. The zero-order chi connectivity index (χ0) is 19.2. The normalized spacial score (nSPS) is 25.0. The number of carbonyl (C=O) groups is 2. The topological polar surface area (TPSA) is 104 Å². The van der Waals surface area contributed by atoms with Crippen molar-refractivity contribution < 1.29 is 23.1 Å². The molecule has 2 aromatic rings. The number of anilines is 1. The highest BCUT2D eigenvalue weighted by atomic mass is 32.2. The summed E-state index contributed by atoms with van der Waals surface area (Å²) in [5.74, 6) is -1.63. The molecule has 2 atom stereocenters. The lowest BCUT2D eigenvalue weighted by Gasteiger charge is -2.15. The molecular formula is C18H18N2O5S2. The molecule has 2 heterocycles. The molecular weight excluding hydrogens is 388 g/mol. The quantitative estimate of drug-likeness (QED) is 0.765. The van der Waals surface area contributed by atoms with Crippen molar-refractivity contribution in [3.8, 4) is 0 Å². The SMILES string of the molecule is O=C1CCCN1c1ccc(S(=O)(=O)N[C@@]2(C(=O)O)C[C@@H]2c2ccccc2)s1. The van der Waals surface area contributed by atoms with Crippen molar-refractivity contribution in [2.75, 3.05) is 11.4 Å². The van der Waals surface area contributed by atoms with Crippen molar-refractivity contribution >= 4 is 38.2 Å². The molecule has 2 N–H and O–H groups in total. The third-order valence-corrected chi connectivity index (χ3v) is 8.14. The molecule has 2 aliphatic rings. The fourth-order valence-corrected chi connectivity index (χ4v) is 6.26. The highest BCUT2D eigenvalue weighted by molar-refractivity contribution is 7.91. The van der Waals surface area contributed by atoms with Crippen LogP contribution in [0.5, 0.6) is 0 Å². The van der Waals surface area contributed by atoms with Crippen LogP contribution in [-0.4, -0.2) is 37.5 Å². The molecule has 1 saturated heterocycles. The fourth-order valence-electron chi connectivity index (χ4n) is 3.51. The zero-order valence-electron chi connectivity index (χ0n) is 14.3. The summed E-state index contributed by atoms with van der Waals surface area (Å²) in [5, 5.41) is 10.2. The maximum absolute atomic E-state index is 12.8. The Balaban J connectivity index is 1.58. The van der Waals surface area contributed by atoms with E-state index in [2.05, 4.69) is 4.72 Å². The molecule has 7 nitrogen and oxygen atoms in total. The van der Waals surface area contributed by atoms with Crippen LogP contribution in [0.3, 0.4) is 0 Å². The van der Waals surface area contributed by atoms with Gasteiger partial charge in [0, 0.05) is 18.9 Å². The standard InChI is InChI=1S/C18H18N2O5S2/c21-14-7-4-10-20(14)15-8-9-16(26-15)27(24,25)19-18(17(22)23)11-13(18)12-5-2-1-3-6-12/h1-3,5-6,8-9,13,19H,4,7,10-11H2,(H,22,23)/t13-,18+/m1/s1. The van der Waals surface area contributed by atoms with Crippen LogP contribution in [-0.2, 0) is 19.6 Å². The van der Waals surface area contributed by atoms with E-state index in [-0.39, 0.29) is 16.5 Å². The molecule has 142 valence electrons. The van der Waals surface area contributed by atoms with Gasteiger partial charge in [-0.05, 0) is 30.5 Å². The number of sulfonamides is 1. The van der Waals surface area contributed by atoms with Crippen molar-refractivity contribution in [2.45, 2.75) is 34.9 Å². The van der Waals surface area contributed by atoms with Gasteiger partial charge in [-0.3, -0.25) is 9.59 Å². The van der Waals surface area contributed by atoms with E-state index in [1.807, 2.05) is 6.07 Å². The second-order valence-electron chi connectivity index (χ2n) is 6.79. The molecule has 1 aliphatic carbocycles. The van der Waals surface area contributed by atoms with E-state index in [1.165, 1.54) is 6.07 Å². The number of thiophene rings is 1. The first-order chi connectivity index (χ1) is 12.8. The van der Waals surface area contributed by atoms with Crippen LogP contribution in [0.15, 0.2) is 46.7 Å². The van der Waals surface area contributed by atoms with E-state index in [4.69, 9.17) is 0 Å². The Kier molecular flexibility index (Phi) is 4.32. The van der Waals surface area contributed by atoms with Gasteiger partial charge in [-0.1, -0.05) is 30.3 Å². The minimum Gasteiger partial charge on any atom is -0.480 e. The van der Waals surface area contributed by atoms with Crippen LogP contribution in [0.2, 0.25) is 0 Å². The van der Waals surface area contributed by atoms with Gasteiger partial charge in [0.25, 0.3) is 10.0 Å². The molecule has 0 unspecified atom stereocenters. The molecule has 1 amide bonds. The number of benzene rings is 1. The van der Waals surface area contributed by atoms with E-state index < -0.39 is 27.4 Å². The van der Waals surface area contributed by atoms with Crippen LogP contribution in [0.25, 0.3) is 0 Å². The number of aliphatic carboxylic acids is 1. The third-order valence-electron chi connectivity index (χ3n) is 5.03. The Labute approximate surface area is 160 Å². The van der Waals surface area contributed by atoms with Gasteiger partial charge >= 0.3 is 5.97 Å². The van der Waals surface area contributed by atoms with E-state index >= 15 is 0 Å². The van der Waals surface area contributed by atoms with Crippen LogP contribution in [0.4, 0.5) is 5.00 Å². The van der Waals surface area contributed by atoms with Crippen molar-refractivity contribution in [1.82, 2.24) is 4.72 Å². The van der Waals surface area contributed by atoms with Crippen molar-refractivity contribution in [3.63, 3.8) is 0 Å². The minimum absolute atomic E-state index is 0.0107. The van der Waals surface area contributed by atoms with E-state index in [0.717, 1.165) is 23.3 Å². The average molecular weight is 406 g/mol. The largest absolute Gasteiger partial charge is 0.480 e. The second-order valence-corrected chi connectivity index (χ2v) is 9.76. The molecule has 0 bridgehead atoms. The molecule has 4 rings (SSSR count). The lowest BCUT2D eigenvalue weighted by Crippen LogP contribution is -2.44. The molecule has 0 radical (unpaired) electrons. The number of carbonyl (C=O) groups excluding carboxylic acids is 1. The van der Waals surface area contributed by atoms with E-state index in [0.29, 0.717) is 18.0 Å². The number of hydrogen-bond donors (Lipinski definition) is 2. The van der Waals surface area contributed by atoms with Crippen molar-refractivity contribution in [3.05, 3.63) is 48.0 Å². The number of hydrogen-bond acceptors (Lipinski definition) is 5. The lowest BCUT2D eigenvalue weighted by atomic mass is 10.1. The number of carboxylic acids is 1. The summed E-state index contributed by atoms with van der Waals surface area (Å²) in [4.78, 5) is 25.3. The number of carboxylic acid groups (broad SMARTS) is 1. The van der Waals surface area contributed by atoms with Gasteiger partial charge in [0.2, 0.25) is 5.91 Å². The van der Waals surface area contributed by atoms with E-state index in [9.17, 15) is 23.1 Å². The summed E-state index contributed by atoms with van der Waals surface area (Å²) in [5.41, 5.74) is -0.745. The Morgan fingerprint density at radius 3 is 2.59 bits per heavy atom. The summed E-state index contributed by atoms with van der Waals surface area (Å²) in [6.45, 7) is 0.571. The van der Waals surface area contributed by atoms with Crippen molar-refractivity contribution in [1.29, 1.82) is 0 Å². The first-order valence-electron chi connectivity index (χ1n) is 8.56. The average Bonchev–Trinajstić information content (AvgIpc) is 2.97. The Morgan fingerprint density at radius 1 is 1.22 bits per heavy atom. The predicted octanol–water partition coefficient (Wildman–Crippen LogP) is 2.16. The van der Waals surface area contributed by atoms with Crippen LogP contribution >= 0.6 is 11.3 Å². The first kappa shape index (κ1) is 18.1. The molecule has 1 aromatic heterocycles. The number of nitrogens with zero attached hydrogens (tertiary/aromatic N) is 1. The zero-order valence-corrected chi connectivity index (χ0v) is 15.9. The van der Waals surface area contributed by atoms with E-state index in [1.54, 1.807) is 35.2 Å². The summed E-state index contributed by atoms with van der Waals surface area (Å²) in [6, 6.07) is 12.0. The smallest absolute Gasteiger partial charge is 0.325 e. The predicted molar refractivity (Wildman–Crippen MR) is 100 cm³/mol. The highest BCUT2D eigenvalue weighted by Crippen LogP contribution is 2.52. The molecule has 0 spiro atoms. The summed E-state index contributed by atoms with van der Waals surface area (Å²) < 4.78 is 28.0. The molecule has 1 saturated carbocycles. The molecule has 27 heavy (non-hydrogen) atoms. The fraction of sp³-hybridized carbons (Fsp3) is 0.333. The third kappa shape index (κ3) is 3.15. The summed E-state index contributed by atoms with van der Waals surface area (Å²) in [6.07, 6.45) is 1.41. The summed E-state index contributed by atoms with van der Waals surface area (Å²) in [7, 11) is -4.02. The van der Waals surface area contributed by atoms with Crippen LogP contribution in [0, 0.1) is 0 Å². The maximum atomic E-state index is 12.8. The molecule has 1 aromatic carbocycles. The Bertz CT molecular complexity index is 1000.